The average molecular weight is 389 g/mol. The van der Waals surface area contributed by atoms with Crippen LogP contribution < -0.4 is 10.2 Å². The van der Waals surface area contributed by atoms with Crippen molar-refractivity contribution < 1.29 is 0 Å². The maximum absolute atomic E-state index is 6.08. The van der Waals surface area contributed by atoms with Crippen LogP contribution in [0.15, 0.2) is 36.8 Å². The Hall–Kier alpha value is -2.18. The van der Waals surface area contributed by atoms with Crippen molar-refractivity contribution in [2.45, 2.75) is 12.8 Å². The molecule has 3 heterocycles. The first kappa shape index (κ1) is 17.2. The van der Waals surface area contributed by atoms with Crippen LogP contribution in [0.3, 0.4) is 0 Å². The molecule has 0 saturated carbocycles. The molecule has 6 nitrogen and oxygen atoms in total. The van der Waals surface area contributed by atoms with E-state index in [1.807, 2.05) is 6.07 Å². The van der Waals surface area contributed by atoms with E-state index in [1.165, 1.54) is 6.42 Å². The molecule has 0 spiro atoms. The van der Waals surface area contributed by atoms with Gasteiger partial charge in [0.1, 0.15) is 5.82 Å². The smallest absolute Gasteiger partial charge is 0.225 e. The fourth-order valence-electron chi connectivity index (χ4n) is 3.21. The van der Waals surface area contributed by atoms with E-state index in [1.54, 1.807) is 30.7 Å². The molecule has 26 heavy (non-hydrogen) atoms. The summed E-state index contributed by atoms with van der Waals surface area (Å²) in [5, 5.41) is 4.36. The first-order chi connectivity index (χ1) is 12.7. The van der Waals surface area contributed by atoms with E-state index in [0.29, 0.717) is 16.0 Å². The first-order valence-corrected chi connectivity index (χ1v) is 9.32. The number of nitrogens with one attached hydrogen (secondary N) is 1. The molecule has 2 aromatic heterocycles. The Bertz CT molecular complexity index is 905. The molecule has 1 saturated heterocycles. The Morgan fingerprint density at radius 3 is 2.65 bits per heavy atom. The van der Waals surface area contributed by atoms with Crippen LogP contribution in [0.2, 0.25) is 10.0 Å². The van der Waals surface area contributed by atoms with E-state index >= 15 is 0 Å². The number of rotatable bonds is 4. The number of piperidine rings is 1. The summed E-state index contributed by atoms with van der Waals surface area (Å²) in [5.74, 6) is 2.04. The molecule has 1 aromatic carbocycles. The summed E-state index contributed by atoms with van der Waals surface area (Å²) in [7, 11) is 0. The monoisotopic (exact) mass is 388 g/mol. The topological polar surface area (TPSA) is 66.8 Å². The van der Waals surface area contributed by atoms with Gasteiger partial charge in [-0.05, 0) is 37.0 Å². The highest BCUT2D eigenvalue weighted by molar-refractivity contribution is 6.42. The average Bonchev–Trinajstić information content (AvgIpc) is 2.68. The number of halogens is 2. The second-order valence-electron chi connectivity index (χ2n) is 6.39. The van der Waals surface area contributed by atoms with Gasteiger partial charge < -0.3 is 10.2 Å². The van der Waals surface area contributed by atoms with Crippen molar-refractivity contribution in [2.24, 2.45) is 5.92 Å². The van der Waals surface area contributed by atoms with Gasteiger partial charge in [-0.2, -0.15) is 0 Å². The predicted molar refractivity (Wildman–Crippen MR) is 105 cm³/mol. The van der Waals surface area contributed by atoms with Gasteiger partial charge in [0, 0.05) is 32.0 Å². The lowest BCUT2D eigenvalue weighted by Gasteiger charge is -2.32. The van der Waals surface area contributed by atoms with Gasteiger partial charge in [0.2, 0.25) is 5.95 Å². The highest BCUT2D eigenvalue weighted by atomic mass is 35.5. The van der Waals surface area contributed by atoms with Crippen LogP contribution in [0.4, 0.5) is 11.8 Å². The lowest BCUT2D eigenvalue weighted by Crippen LogP contribution is -2.39. The lowest BCUT2D eigenvalue weighted by molar-refractivity contribution is 0.427. The van der Waals surface area contributed by atoms with E-state index in [4.69, 9.17) is 23.2 Å². The minimum Gasteiger partial charge on any atom is -0.368 e. The molecule has 1 unspecified atom stereocenters. The van der Waals surface area contributed by atoms with Gasteiger partial charge in [0.05, 0.1) is 27.3 Å². The van der Waals surface area contributed by atoms with Crippen molar-refractivity contribution in [1.82, 2.24) is 19.9 Å². The number of benzene rings is 1. The third kappa shape index (κ3) is 3.81. The Labute approximate surface area is 161 Å². The number of anilines is 2. The van der Waals surface area contributed by atoms with Crippen LogP contribution in [0.1, 0.15) is 12.8 Å². The van der Waals surface area contributed by atoms with Crippen molar-refractivity contribution >= 4 is 46.0 Å². The Balaban J connectivity index is 1.42. The number of hydrogen-bond donors (Lipinski definition) is 1. The minimum absolute atomic E-state index is 0.483. The highest BCUT2D eigenvalue weighted by Gasteiger charge is 2.21. The first-order valence-electron chi connectivity index (χ1n) is 8.56. The third-order valence-electron chi connectivity index (χ3n) is 4.51. The zero-order chi connectivity index (χ0) is 17.9. The van der Waals surface area contributed by atoms with Crippen LogP contribution in [0.5, 0.6) is 0 Å². The van der Waals surface area contributed by atoms with E-state index in [2.05, 4.69) is 30.2 Å². The number of hydrogen-bond acceptors (Lipinski definition) is 6. The molecule has 0 aliphatic carbocycles. The van der Waals surface area contributed by atoms with Gasteiger partial charge in [-0.25, -0.2) is 15.0 Å². The summed E-state index contributed by atoms with van der Waals surface area (Å²) in [6.07, 6.45) is 7.59. The van der Waals surface area contributed by atoms with Gasteiger partial charge in [-0.15, -0.1) is 0 Å². The fraction of sp³-hybridized carbons (Fsp3) is 0.333. The normalized spacial score (nSPS) is 17.5. The molecule has 1 aliphatic rings. The second kappa shape index (κ2) is 7.60. The van der Waals surface area contributed by atoms with Crippen molar-refractivity contribution in [3.05, 3.63) is 46.8 Å². The van der Waals surface area contributed by atoms with Crippen molar-refractivity contribution in [3.63, 3.8) is 0 Å². The van der Waals surface area contributed by atoms with Gasteiger partial charge in [-0.3, -0.25) is 4.98 Å². The molecular formula is C18H18Cl2N6. The summed E-state index contributed by atoms with van der Waals surface area (Å²) in [4.78, 5) is 19.9. The van der Waals surface area contributed by atoms with Crippen molar-refractivity contribution in [1.29, 1.82) is 0 Å². The molecule has 3 aromatic rings. The molecule has 134 valence electrons. The number of nitrogens with zero attached hydrogens (tertiary/aromatic N) is 5. The number of fused-ring (bicyclic) bond motifs is 1. The van der Waals surface area contributed by atoms with Gasteiger partial charge in [-0.1, -0.05) is 23.2 Å². The highest BCUT2D eigenvalue weighted by Crippen LogP contribution is 2.26. The maximum atomic E-state index is 6.08. The Kier molecular flexibility index (Phi) is 5.04. The molecule has 1 fully saturated rings. The summed E-state index contributed by atoms with van der Waals surface area (Å²) in [6, 6.07) is 5.31. The van der Waals surface area contributed by atoms with Crippen LogP contribution in [0.25, 0.3) is 11.0 Å². The molecular weight excluding hydrogens is 371 g/mol. The largest absolute Gasteiger partial charge is 0.368 e. The standard InChI is InChI=1S/C18H18Cl2N6/c19-13-7-15-16(8-14(13)20)25-17(10-23-15)24-9-12-3-1-6-26(11-12)18-21-4-2-5-22-18/h2,4-5,7-8,10,12H,1,3,6,9,11H2,(H,24,25). The van der Waals surface area contributed by atoms with E-state index in [-0.39, 0.29) is 0 Å². The van der Waals surface area contributed by atoms with Crippen molar-refractivity contribution in [2.75, 3.05) is 29.9 Å². The van der Waals surface area contributed by atoms with Gasteiger partial charge in [0.15, 0.2) is 0 Å². The van der Waals surface area contributed by atoms with E-state index < -0.39 is 0 Å². The van der Waals surface area contributed by atoms with Crippen LogP contribution >= 0.6 is 23.2 Å². The lowest BCUT2D eigenvalue weighted by atomic mass is 9.98. The summed E-state index contributed by atoms with van der Waals surface area (Å²) >= 11 is 12.1. The molecule has 0 bridgehead atoms. The fourth-order valence-corrected chi connectivity index (χ4v) is 3.53. The molecule has 8 heteroatoms. The maximum Gasteiger partial charge on any atom is 0.225 e. The Morgan fingerprint density at radius 1 is 1.08 bits per heavy atom. The molecule has 0 radical (unpaired) electrons. The van der Waals surface area contributed by atoms with Gasteiger partial charge >= 0.3 is 0 Å². The molecule has 1 N–H and O–H groups in total. The van der Waals surface area contributed by atoms with Crippen LogP contribution in [-0.2, 0) is 0 Å². The molecule has 0 amide bonds. The zero-order valence-corrected chi connectivity index (χ0v) is 15.6. The van der Waals surface area contributed by atoms with E-state index in [9.17, 15) is 0 Å². The predicted octanol–water partition coefficient (Wildman–Crippen LogP) is 4.06. The second-order valence-corrected chi connectivity index (χ2v) is 7.21. The SMILES string of the molecule is Clc1cc2ncc(NCC3CCCN(c4ncccn4)C3)nc2cc1Cl. The minimum atomic E-state index is 0.483. The number of aromatic nitrogens is 4. The van der Waals surface area contributed by atoms with Crippen LogP contribution in [-0.4, -0.2) is 39.6 Å². The summed E-state index contributed by atoms with van der Waals surface area (Å²) in [6.45, 7) is 2.75. The van der Waals surface area contributed by atoms with Crippen LogP contribution in [0, 0.1) is 5.92 Å². The summed E-state index contributed by atoms with van der Waals surface area (Å²) in [5.41, 5.74) is 1.46. The van der Waals surface area contributed by atoms with Gasteiger partial charge in [0.25, 0.3) is 0 Å². The molecule has 4 rings (SSSR count). The Morgan fingerprint density at radius 2 is 1.85 bits per heavy atom. The zero-order valence-electron chi connectivity index (χ0n) is 14.1. The third-order valence-corrected chi connectivity index (χ3v) is 5.23. The quantitative estimate of drug-likeness (QED) is 0.726. The summed E-state index contributed by atoms with van der Waals surface area (Å²) < 4.78 is 0. The van der Waals surface area contributed by atoms with E-state index in [0.717, 1.165) is 48.9 Å². The van der Waals surface area contributed by atoms with Crippen molar-refractivity contribution in [3.8, 4) is 0 Å². The molecule has 1 atom stereocenters. The molecule has 1 aliphatic heterocycles.